The fourth-order valence-corrected chi connectivity index (χ4v) is 3.63. The Morgan fingerprint density at radius 1 is 1.21 bits per heavy atom. The van der Waals surface area contributed by atoms with Crippen molar-refractivity contribution >= 4 is 5.69 Å². The molecule has 104 valence electrons. The molecule has 1 atom stereocenters. The Balaban J connectivity index is 1.44. The molecule has 2 aliphatic rings. The van der Waals surface area contributed by atoms with E-state index in [1.165, 1.54) is 56.3 Å². The van der Waals surface area contributed by atoms with Gasteiger partial charge >= 0.3 is 0 Å². The summed E-state index contributed by atoms with van der Waals surface area (Å²) >= 11 is 0. The average molecular weight is 258 g/mol. The van der Waals surface area contributed by atoms with Crippen molar-refractivity contribution in [2.45, 2.75) is 51.5 Å². The zero-order valence-electron chi connectivity index (χ0n) is 12.0. The largest absolute Gasteiger partial charge is 0.380 e. The normalized spacial score (nSPS) is 24.8. The minimum absolute atomic E-state index is 0.545. The Hall–Kier alpha value is -1.02. The fourth-order valence-electron chi connectivity index (χ4n) is 3.63. The number of hydrogen-bond donors (Lipinski definition) is 2. The van der Waals surface area contributed by atoms with Gasteiger partial charge < -0.3 is 10.6 Å². The monoisotopic (exact) mass is 258 g/mol. The van der Waals surface area contributed by atoms with Gasteiger partial charge in [-0.25, -0.2) is 0 Å². The molecule has 1 fully saturated rings. The smallest absolute Gasteiger partial charge is 0.0427 e. The average Bonchev–Trinajstić information content (AvgIpc) is 2.82. The van der Waals surface area contributed by atoms with Gasteiger partial charge in [-0.1, -0.05) is 44.4 Å². The molecule has 0 aromatic heterocycles. The third-order valence-corrected chi connectivity index (χ3v) is 4.85. The number of fused-ring (bicyclic) bond motifs is 1. The van der Waals surface area contributed by atoms with Gasteiger partial charge in [0.2, 0.25) is 0 Å². The predicted molar refractivity (Wildman–Crippen MR) is 81.6 cm³/mol. The van der Waals surface area contributed by atoms with Crippen molar-refractivity contribution in [3.05, 3.63) is 29.8 Å². The second-order valence-corrected chi connectivity index (χ2v) is 6.70. The highest BCUT2D eigenvalue weighted by atomic mass is 15.0. The third kappa shape index (κ3) is 3.11. The highest BCUT2D eigenvalue weighted by Crippen LogP contribution is 2.35. The van der Waals surface area contributed by atoms with Crippen LogP contribution >= 0.6 is 0 Å². The molecule has 1 aromatic carbocycles. The molecule has 1 aromatic rings. The van der Waals surface area contributed by atoms with Gasteiger partial charge in [-0.2, -0.15) is 0 Å². The molecule has 2 N–H and O–H groups in total. The van der Waals surface area contributed by atoms with Crippen molar-refractivity contribution < 1.29 is 0 Å². The van der Waals surface area contributed by atoms with Gasteiger partial charge in [0.1, 0.15) is 0 Å². The van der Waals surface area contributed by atoms with Gasteiger partial charge in [0, 0.05) is 24.8 Å². The number of rotatable bonds is 4. The molecule has 2 heteroatoms. The van der Waals surface area contributed by atoms with Gasteiger partial charge in [-0.3, -0.25) is 0 Å². The lowest BCUT2D eigenvalue weighted by atomic mass is 9.76. The maximum Gasteiger partial charge on any atom is 0.0427 e. The molecule has 2 nitrogen and oxygen atoms in total. The number of hydrogen-bond acceptors (Lipinski definition) is 2. The van der Waals surface area contributed by atoms with Crippen molar-refractivity contribution in [3.8, 4) is 0 Å². The van der Waals surface area contributed by atoms with Crippen molar-refractivity contribution in [2.24, 2.45) is 5.41 Å². The van der Waals surface area contributed by atoms with Gasteiger partial charge in [0.15, 0.2) is 0 Å². The summed E-state index contributed by atoms with van der Waals surface area (Å²) in [7, 11) is 0. The van der Waals surface area contributed by atoms with E-state index in [4.69, 9.17) is 0 Å². The highest BCUT2D eigenvalue weighted by Gasteiger charge is 2.27. The van der Waals surface area contributed by atoms with E-state index in [1.54, 1.807) is 0 Å². The van der Waals surface area contributed by atoms with E-state index >= 15 is 0 Å². The van der Waals surface area contributed by atoms with Gasteiger partial charge in [-0.15, -0.1) is 0 Å². The topological polar surface area (TPSA) is 24.1 Å². The lowest BCUT2D eigenvalue weighted by Gasteiger charge is -2.34. The summed E-state index contributed by atoms with van der Waals surface area (Å²) in [5.74, 6) is 0. The van der Waals surface area contributed by atoms with Crippen LogP contribution in [-0.2, 0) is 6.42 Å². The Morgan fingerprint density at radius 3 is 2.79 bits per heavy atom. The van der Waals surface area contributed by atoms with E-state index < -0.39 is 0 Å². The van der Waals surface area contributed by atoms with Gasteiger partial charge in [0.05, 0.1) is 0 Å². The summed E-state index contributed by atoms with van der Waals surface area (Å²) in [5, 5.41) is 7.33. The first-order chi connectivity index (χ1) is 9.25. The number of benzene rings is 1. The second kappa shape index (κ2) is 5.54. The molecular formula is C17H26N2. The summed E-state index contributed by atoms with van der Waals surface area (Å²) in [6, 6.07) is 9.26. The molecule has 1 unspecified atom stereocenters. The van der Waals surface area contributed by atoms with Crippen LogP contribution in [0.5, 0.6) is 0 Å². The predicted octanol–water partition coefficient (Wildman–Crippen LogP) is 3.58. The first-order valence-electron chi connectivity index (χ1n) is 7.80. The van der Waals surface area contributed by atoms with Crippen molar-refractivity contribution in [1.29, 1.82) is 0 Å². The van der Waals surface area contributed by atoms with Gasteiger partial charge in [0.25, 0.3) is 0 Å². The van der Waals surface area contributed by atoms with Crippen molar-refractivity contribution in [3.63, 3.8) is 0 Å². The van der Waals surface area contributed by atoms with E-state index in [1.807, 2.05) is 0 Å². The number of nitrogens with one attached hydrogen (secondary N) is 2. The van der Waals surface area contributed by atoms with E-state index in [2.05, 4.69) is 41.8 Å². The van der Waals surface area contributed by atoms with Crippen LogP contribution in [0, 0.1) is 5.41 Å². The third-order valence-electron chi connectivity index (χ3n) is 4.85. The lowest BCUT2D eigenvalue weighted by molar-refractivity contribution is 0.207. The molecule has 1 saturated carbocycles. The maximum atomic E-state index is 3.71. The minimum atomic E-state index is 0.545. The summed E-state index contributed by atoms with van der Waals surface area (Å²) in [5.41, 5.74) is 3.35. The zero-order valence-corrected chi connectivity index (χ0v) is 12.0. The molecule has 3 rings (SSSR count). The molecule has 0 radical (unpaired) electrons. The molecule has 0 saturated heterocycles. The van der Waals surface area contributed by atoms with Gasteiger partial charge in [-0.05, 0) is 36.3 Å². The molecule has 0 bridgehead atoms. The van der Waals surface area contributed by atoms with E-state index in [9.17, 15) is 0 Å². The van der Waals surface area contributed by atoms with E-state index in [0.29, 0.717) is 11.5 Å². The SMILES string of the molecule is CC1(CNCC2Cc3ccccc3N2)CCCCC1. The Bertz CT molecular complexity index is 396. The van der Waals surface area contributed by atoms with Crippen LogP contribution in [0.1, 0.15) is 44.6 Å². The Labute approximate surface area is 117 Å². The summed E-state index contributed by atoms with van der Waals surface area (Å²) in [4.78, 5) is 0. The standard InChI is InChI=1S/C17H26N2/c1-17(9-5-2-6-10-17)13-18-12-15-11-14-7-3-4-8-16(14)19-15/h3-4,7-8,15,18-19H,2,5-6,9-13H2,1H3. The van der Waals surface area contributed by atoms with Crippen LogP contribution in [-0.4, -0.2) is 19.1 Å². The van der Waals surface area contributed by atoms with E-state index in [0.717, 1.165) is 6.54 Å². The highest BCUT2D eigenvalue weighted by molar-refractivity contribution is 5.56. The van der Waals surface area contributed by atoms with Crippen molar-refractivity contribution in [1.82, 2.24) is 5.32 Å². The van der Waals surface area contributed by atoms with Crippen LogP contribution in [0.2, 0.25) is 0 Å². The van der Waals surface area contributed by atoms with Crippen LogP contribution in [0.15, 0.2) is 24.3 Å². The minimum Gasteiger partial charge on any atom is -0.380 e. The first kappa shape index (κ1) is 13.0. The fraction of sp³-hybridized carbons (Fsp3) is 0.647. The van der Waals surface area contributed by atoms with Crippen LogP contribution in [0.4, 0.5) is 5.69 Å². The Kier molecular flexibility index (Phi) is 3.79. The second-order valence-electron chi connectivity index (χ2n) is 6.70. The molecule has 0 spiro atoms. The molecular weight excluding hydrogens is 232 g/mol. The molecule has 0 amide bonds. The van der Waals surface area contributed by atoms with Crippen LogP contribution in [0.25, 0.3) is 0 Å². The van der Waals surface area contributed by atoms with Crippen molar-refractivity contribution in [2.75, 3.05) is 18.4 Å². The molecule has 19 heavy (non-hydrogen) atoms. The Morgan fingerprint density at radius 2 is 2.00 bits per heavy atom. The number of para-hydroxylation sites is 1. The summed E-state index contributed by atoms with van der Waals surface area (Å²) < 4.78 is 0. The maximum absolute atomic E-state index is 3.71. The molecule has 1 aliphatic heterocycles. The zero-order chi connectivity index (χ0) is 13.1. The van der Waals surface area contributed by atoms with E-state index in [-0.39, 0.29) is 0 Å². The summed E-state index contributed by atoms with van der Waals surface area (Å²) in [6.07, 6.45) is 8.25. The quantitative estimate of drug-likeness (QED) is 0.862. The molecule has 1 aliphatic carbocycles. The lowest BCUT2D eigenvalue weighted by Crippen LogP contribution is -2.39. The number of anilines is 1. The first-order valence-corrected chi connectivity index (χ1v) is 7.80. The van der Waals surface area contributed by atoms with Crippen LogP contribution < -0.4 is 10.6 Å². The summed E-state index contributed by atoms with van der Waals surface area (Å²) in [6.45, 7) is 4.72. The van der Waals surface area contributed by atoms with Crippen LogP contribution in [0.3, 0.4) is 0 Å². The molecule has 1 heterocycles.